The molecule has 0 radical (unpaired) electrons. The highest BCUT2D eigenvalue weighted by Crippen LogP contribution is 2.21. The van der Waals surface area contributed by atoms with Crippen molar-refractivity contribution in [2.75, 3.05) is 6.67 Å². The molecule has 1 rings (SSSR count). The van der Waals surface area contributed by atoms with E-state index in [1.165, 1.54) is 10.6 Å². The molecule has 4 heteroatoms. The molecular formula is C12H14FNO2. The van der Waals surface area contributed by atoms with Crippen molar-refractivity contribution >= 4 is 11.5 Å². The Morgan fingerprint density at radius 3 is 2.88 bits per heavy atom. The average molecular weight is 223 g/mol. The van der Waals surface area contributed by atoms with Gasteiger partial charge in [-0.1, -0.05) is 18.7 Å². The van der Waals surface area contributed by atoms with Crippen molar-refractivity contribution in [3.8, 4) is 0 Å². The molecule has 0 unspecified atom stereocenters. The minimum Gasteiger partial charge on any atom is -0.480 e. The van der Waals surface area contributed by atoms with Gasteiger partial charge in [0.15, 0.2) is 0 Å². The standard InChI is InChI=1S/C12H14FNO2/c1-3-4-10(7-13)12-9(2)5-6-14(12)8-11(15)16/h3-6H,1,7-8H2,2H3,(H,15,16)/b10-4-. The zero-order chi connectivity index (χ0) is 12.1. The second-order valence-corrected chi connectivity index (χ2v) is 3.43. The molecular weight excluding hydrogens is 209 g/mol. The van der Waals surface area contributed by atoms with Gasteiger partial charge in [-0.2, -0.15) is 0 Å². The van der Waals surface area contributed by atoms with Crippen LogP contribution >= 0.6 is 0 Å². The van der Waals surface area contributed by atoms with Crippen molar-refractivity contribution in [1.29, 1.82) is 0 Å². The molecule has 0 aliphatic rings. The molecule has 0 aliphatic heterocycles. The summed E-state index contributed by atoms with van der Waals surface area (Å²) in [5.41, 5.74) is 1.91. The number of alkyl halides is 1. The molecule has 1 aromatic heterocycles. The third-order valence-electron chi connectivity index (χ3n) is 2.24. The Morgan fingerprint density at radius 1 is 1.69 bits per heavy atom. The largest absolute Gasteiger partial charge is 0.480 e. The number of nitrogens with zero attached hydrogens (tertiary/aromatic N) is 1. The lowest BCUT2D eigenvalue weighted by molar-refractivity contribution is -0.137. The predicted octanol–water partition coefficient (Wildman–Crippen LogP) is 2.42. The number of carboxylic acid groups (broad SMARTS) is 1. The highest BCUT2D eigenvalue weighted by molar-refractivity contribution is 5.71. The van der Waals surface area contributed by atoms with Crippen LogP contribution in [0.15, 0.2) is 31.0 Å². The molecule has 0 atom stereocenters. The van der Waals surface area contributed by atoms with E-state index >= 15 is 0 Å². The van der Waals surface area contributed by atoms with E-state index in [2.05, 4.69) is 6.58 Å². The van der Waals surface area contributed by atoms with Gasteiger partial charge in [-0.05, 0) is 18.6 Å². The van der Waals surface area contributed by atoms with E-state index in [1.54, 1.807) is 18.3 Å². The Kier molecular flexibility index (Phi) is 4.05. The van der Waals surface area contributed by atoms with Gasteiger partial charge in [-0.15, -0.1) is 0 Å². The van der Waals surface area contributed by atoms with Crippen molar-refractivity contribution < 1.29 is 14.3 Å². The van der Waals surface area contributed by atoms with Crippen LogP contribution < -0.4 is 0 Å². The first-order valence-electron chi connectivity index (χ1n) is 4.85. The Bertz CT molecular complexity index is 432. The maximum atomic E-state index is 12.8. The average Bonchev–Trinajstić information content (AvgIpc) is 2.56. The van der Waals surface area contributed by atoms with Crippen LogP contribution in [0.5, 0.6) is 0 Å². The van der Waals surface area contributed by atoms with Crippen LogP contribution in [-0.2, 0) is 11.3 Å². The van der Waals surface area contributed by atoms with E-state index < -0.39 is 12.6 Å². The van der Waals surface area contributed by atoms with Crippen LogP contribution in [-0.4, -0.2) is 22.3 Å². The lowest BCUT2D eigenvalue weighted by Crippen LogP contribution is -2.11. The molecule has 0 bridgehead atoms. The Morgan fingerprint density at radius 2 is 2.38 bits per heavy atom. The molecule has 0 amide bonds. The molecule has 1 aromatic rings. The molecule has 0 spiro atoms. The third kappa shape index (κ3) is 2.59. The van der Waals surface area contributed by atoms with Crippen molar-refractivity contribution in [2.24, 2.45) is 0 Å². The van der Waals surface area contributed by atoms with Crippen LogP contribution in [0.2, 0.25) is 0 Å². The molecule has 1 heterocycles. The normalized spacial score (nSPS) is 11.5. The number of aliphatic carboxylic acids is 1. The van der Waals surface area contributed by atoms with Gasteiger partial charge in [-0.25, -0.2) is 4.39 Å². The monoisotopic (exact) mass is 223 g/mol. The third-order valence-corrected chi connectivity index (χ3v) is 2.24. The molecule has 3 nitrogen and oxygen atoms in total. The van der Waals surface area contributed by atoms with Gasteiger partial charge in [-0.3, -0.25) is 4.79 Å². The maximum absolute atomic E-state index is 12.8. The van der Waals surface area contributed by atoms with Crippen LogP contribution in [0, 0.1) is 6.92 Å². The topological polar surface area (TPSA) is 42.2 Å². The number of carbonyl (C=O) groups is 1. The van der Waals surface area contributed by atoms with E-state index in [0.717, 1.165) is 5.56 Å². The van der Waals surface area contributed by atoms with Gasteiger partial charge in [0, 0.05) is 11.8 Å². The van der Waals surface area contributed by atoms with Crippen molar-refractivity contribution in [1.82, 2.24) is 4.57 Å². The summed E-state index contributed by atoms with van der Waals surface area (Å²) < 4.78 is 14.3. The SMILES string of the molecule is C=C/C=C(/CF)c1c(C)ccn1CC(=O)O. The minimum atomic E-state index is -0.950. The molecule has 16 heavy (non-hydrogen) atoms. The van der Waals surface area contributed by atoms with Crippen LogP contribution in [0.1, 0.15) is 11.3 Å². The molecule has 0 aromatic carbocycles. The quantitative estimate of drug-likeness (QED) is 0.779. The lowest BCUT2D eigenvalue weighted by atomic mass is 10.1. The number of hydrogen-bond acceptors (Lipinski definition) is 1. The second-order valence-electron chi connectivity index (χ2n) is 3.43. The van der Waals surface area contributed by atoms with E-state index in [-0.39, 0.29) is 6.54 Å². The molecule has 0 saturated carbocycles. The van der Waals surface area contributed by atoms with Crippen LogP contribution in [0.3, 0.4) is 0 Å². The first-order chi connectivity index (χ1) is 7.60. The number of aryl methyl sites for hydroxylation is 1. The highest BCUT2D eigenvalue weighted by atomic mass is 19.1. The van der Waals surface area contributed by atoms with Crippen molar-refractivity contribution in [3.63, 3.8) is 0 Å². The Hall–Kier alpha value is -1.84. The van der Waals surface area contributed by atoms with E-state index in [1.807, 2.05) is 6.92 Å². The number of allylic oxidation sites excluding steroid dienone is 3. The first kappa shape index (κ1) is 12.2. The molecule has 0 fully saturated rings. The second kappa shape index (κ2) is 5.30. The molecule has 0 aliphatic carbocycles. The fraction of sp³-hybridized carbons (Fsp3) is 0.250. The van der Waals surface area contributed by atoms with E-state index in [0.29, 0.717) is 11.3 Å². The van der Waals surface area contributed by atoms with Gasteiger partial charge in [0.1, 0.15) is 13.2 Å². The number of halogens is 1. The summed E-state index contributed by atoms with van der Waals surface area (Å²) in [7, 11) is 0. The minimum absolute atomic E-state index is 0.169. The van der Waals surface area contributed by atoms with E-state index in [4.69, 9.17) is 5.11 Å². The van der Waals surface area contributed by atoms with E-state index in [9.17, 15) is 9.18 Å². The van der Waals surface area contributed by atoms with Crippen molar-refractivity contribution in [2.45, 2.75) is 13.5 Å². The van der Waals surface area contributed by atoms with Crippen LogP contribution in [0.25, 0.3) is 5.57 Å². The van der Waals surface area contributed by atoms with Gasteiger partial charge in [0.25, 0.3) is 0 Å². The summed E-state index contributed by atoms with van der Waals surface area (Å²) in [4.78, 5) is 10.6. The van der Waals surface area contributed by atoms with Crippen LogP contribution in [0.4, 0.5) is 4.39 Å². The highest BCUT2D eigenvalue weighted by Gasteiger charge is 2.12. The molecule has 0 saturated heterocycles. The first-order valence-corrected chi connectivity index (χ1v) is 4.85. The maximum Gasteiger partial charge on any atom is 0.323 e. The van der Waals surface area contributed by atoms with Gasteiger partial charge in [0.2, 0.25) is 0 Å². The number of rotatable bonds is 5. The zero-order valence-corrected chi connectivity index (χ0v) is 9.11. The summed E-state index contributed by atoms with van der Waals surface area (Å²) in [5, 5.41) is 8.73. The summed E-state index contributed by atoms with van der Waals surface area (Å²) in [5.74, 6) is -0.950. The lowest BCUT2D eigenvalue weighted by Gasteiger charge is -2.09. The smallest absolute Gasteiger partial charge is 0.323 e. The number of carboxylic acids is 1. The Balaban J connectivity index is 3.19. The molecule has 1 N–H and O–H groups in total. The fourth-order valence-electron chi connectivity index (χ4n) is 1.63. The summed E-state index contributed by atoms with van der Waals surface area (Å²) in [6.07, 6.45) is 4.69. The number of hydrogen-bond donors (Lipinski definition) is 1. The van der Waals surface area contributed by atoms with Gasteiger partial charge in [0.05, 0.1) is 5.69 Å². The molecule has 86 valence electrons. The predicted molar refractivity (Wildman–Crippen MR) is 61.0 cm³/mol. The summed E-state index contributed by atoms with van der Waals surface area (Å²) in [6.45, 7) is 4.52. The van der Waals surface area contributed by atoms with Gasteiger partial charge >= 0.3 is 5.97 Å². The summed E-state index contributed by atoms with van der Waals surface area (Å²) >= 11 is 0. The van der Waals surface area contributed by atoms with Crippen molar-refractivity contribution in [3.05, 3.63) is 42.3 Å². The zero-order valence-electron chi connectivity index (χ0n) is 9.11. The fourth-order valence-corrected chi connectivity index (χ4v) is 1.63. The number of aromatic nitrogens is 1. The van der Waals surface area contributed by atoms with Gasteiger partial charge < -0.3 is 9.67 Å². The summed E-state index contributed by atoms with van der Waals surface area (Å²) in [6, 6.07) is 1.77. The Labute approximate surface area is 93.5 Å².